The minimum atomic E-state index is -3.33. The summed E-state index contributed by atoms with van der Waals surface area (Å²) >= 11 is 1.77. The van der Waals surface area contributed by atoms with Crippen molar-refractivity contribution in [2.75, 3.05) is 22.4 Å². The fourth-order valence-electron chi connectivity index (χ4n) is 3.01. The topological polar surface area (TPSA) is 66.5 Å². The zero-order valence-electron chi connectivity index (χ0n) is 17.8. The van der Waals surface area contributed by atoms with Crippen LogP contribution in [0.15, 0.2) is 77.7 Å². The van der Waals surface area contributed by atoms with Crippen LogP contribution in [0.1, 0.15) is 28.4 Å². The van der Waals surface area contributed by atoms with E-state index in [2.05, 4.69) is 23.5 Å². The van der Waals surface area contributed by atoms with Crippen LogP contribution in [0.3, 0.4) is 0 Å². The Kier molecular flexibility index (Phi) is 7.41. The van der Waals surface area contributed by atoms with E-state index < -0.39 is 10.0 Å². The molecule has 3 aromatic carbocycles. The molecule has 0 unspecified atom stereocenters. The Labute approximate surface area is 188 Å². The second-order valence-electron chi connectivity index (χ2n) is 7.12. The lowest BCUT2D eigenvalue weighted by atomic mass is 10.1. The summed E-state index contributed by atoms with van der Waals surface area (Å²) in [7, 11) is -1.83. The molecule has 0 spiro atoms. The van der Waals surface area contributed by atoms with Crippen molar-refractivity contribution in [3.63, 3.8) is 0 Å². The minimum Gasteiger partial charge on any atom is -0.322 e. The number of sulfonamides is 1. The highest BCUT2D eigenvalue weighted by molar-refractivity contribution is 7.98. The lowest BCUT2D eigenvalue weighted by Crippen LogP contribution is -2.28. The van der Waals surface area contributed by atoms with Crippen LogP contribution in [-0.4, -0.2) is 27.1 Å². The Morgan fingerprint density at radius 1 is 1.00 bits per heavy atom. The van der Waals surface area contributed by atoms with Crippen LogP contribution in [0.5, 0.6) is 0 Å². The molecule has 3 rings (SSSR count). The zero-order chi connectivity index (χ0) is 22.4. The first kappa shape index (κ1) is 22.9. The molecule has 1 N–H and O–H groups in total. The van der Waals surface area contributed by atoms with Crippen molar-refractivity contribution < 1.29 is 13.2 Å². The second kappa shape index (κ2) is 10.0. The summed E-state index contributed by atoms with van der Waals surface area (Å²) < 4.78 is 25.2. The molecule has 1 amide bonds. The number of rotatable bonds is 8. The zero-order valence-corrected chi connectivity index (χ0v) is 19.5. The Balaban J connectivity index is 1.64. The molecular formula is C24H26N2O3S2. The van der Waals surface area contributed by atoms with Gasteiger partial charge in [0, 0.05) is 28.9 Å². The molecule has 31 heavy (non-hydrogen) atoms. The maximum atomic E-state index is 12.6. The van der Waals surface area contributed by atoms with E-state index in [1.54, 1.807) is 43.0 Å². The van der Waals surface area contributed by atoms with E-state index in [0.29, 0.717) is 11.3 Å². The standard InChI is InChI=1S/C24H26N2O3S2/c1-4-31(28,29)26(3)21-13-11-20(12-14-21)24(27)25-23-15-10-19(16-18(23)2)17-30-22-8-6-5-7-9-22/h5-16H,4,17H2,1-3H3,(H,25,27). The van der Waals surface area contributed by atoms with Gasteiger partial charge in [-0.3, -0.25) is 9.10 Å². The Morgan fingerprint density at radius 3 is 2.29 bits per heavy atom. The van der Waals surface area contributed by atoms with Gasteiger partial charge in [0.15, 0.2) is 0 Å². The summed E-state index contributed by atoms with van der Waals surface area (Å²) in [5, 5.41) is 2.94. The fourth-order valence-corrected chi connectivity index (χ4v) is 4.70. The van der Waals surface area contributed by atoms with Crippen LogP contribution in [-0.2, 0) is 15.8 Å². The molecule has 0 fully saturated rings. The van der Waals surface area contributed by atoms with Gasteiger partial charge >= 0.3 is 0 Å². The van der Waals surface area contributed by atoms with E-state index in [0.717, 1.165) is 17.0 Å². The number of nitrogens with one attached hydrogen (secondary N) is 1. The molecule has 162 valence electrons. The van der Waals surface area contributed by atoms with E-state index in [-0.39, 0.29) is 11.7 Å². The largest absolute Gasteiger partial charge is 0.322 e. The molecule has 0 saturated heterocycles. The van der Waals surface area contributed by atoms with Crippen LogP contribution in [0.25, 0.3) is 0 Å². The van der Waals surface area contributed by atoms with Crippen molar-refractivity contribution in [3.05, 3.63) is 89.5 Å². The van der Waals surface area contributed by atoms with Crippen LogP contribution >= 0.6 is 11.8 Å². The Hall–Kier alpha value is -2.77. The van der Waals surface area contributed by atoms with Gasteiger partial charge < -0.3 is 5.32 Å². The summed E-state index contributed by atoms with van der Waals surface area (Å²) in [5.74, 6) is 0.640. The van der Waals surface area contributed by atoms with Crippen LogP contribution < -0.4 is 9.62 Å². The second-order valence-corrected chi connectivity index (χ2v) is 10.5. The highest BCUT2D eigenvalue weighted by atomic mass is 32.2. The van der Waals surface area contributed by atoms with E-state index in [4.69, 9.17) is 0 Å². The van der Waals surface area contributed by atoms with Crippen molar-refractivity contribution in [1.29, 1.82) is 0 Å². The van der Waals surface area contributed by atoms with Gasteiger partial charge in [-0.25, -0.2) is 8.42 Å². The third kappa shape index (κ3) is 5.89. The lowest BCUT2D eigenvalue weighted by molar-refractivity contribution is 0.102. The van der Waals surface area contributed by atoms with Gasteiger partial charge in [-0.2, -0.15) is 0 Å². The number of hydrogen-bond donors (Lipinski definition) is 1. The number of carbonyl (C=O) groups is 1. The maximum absolute atomic E-state index is 12.6. The van der Waals surface area contributed by atoms with Gasteiger partial charge in [0.05, 0.1) is 11.4 Å². The molecule has 0 aromatic heterocycles. The molecule has 0 bridgehead atoms. The minimum absolute atomic E-state index is 0.0187. The molecule has 5 nitrogen and oxygen atoms in total. The quantitative estimate of drug-likeness (QED) is 0.468. The number of hydrogen-bond acceptors (Lipinski definition) is 4. The van der Waals surface area contributed by atoms with E-state index in [1.807, 2.05) is 37.3 Å². The number of carbonyl (C=O) groups excluding carboxylic acids is 1. The smallest absolute Gasteiger partial charge is 0.255 e. The van der Waals surface area contributed by atoms with E-state index in [9.17, 15) is 13.2 Å². The molecule has 0 atom stereocenters. The predicted molar refractivity (Wildman–Crippen MR) is 129 cm³/mol. The third-order valence-corrected chi connectivity index (χ3v) is 7.82. The normalized spacial score (nSPS) is 11.2. The third-order valence-electron chi connectivity index (χ3n) is 4.96. The molecule has 0 radical (unpaired) electrons. The SMILES string of the molecule is CCS(=O)(=O)N(C)c1ccc(C(=O)Nc2ccc(CSc3ccccc3)cc2C)cc1. The fraction of sp³-hybridized carbons (Fsp3) is 0.208. The van der Waals surface area contributed by atoms with Gasteiger partial charge in [0.2, 0.25) is 10.0 Å². The molecule has 0 aliphatic carbocycles. The first-order valence-electron chi connectivity index (χ1n) is 9.95. The van der Waals surface area contributed by atoms with Crippen molar-refractivity contribution in [2.45, 2.75) is 24.5 Å². The van der Waals surface area contributed by atoms with Crippen molar-refractivity contribution >= 4 is 39.1 Å². The summed E-state index contributed by atoms with van der Waals surface area (Å²) in [4.78, 5) is 13.9. The first-order chi connectivity index (χ1) is 14.8. The number of aryl methyl sites for hydroxylation is 1. The maximum Gasteiger partial charge on any atom is 0.255 e. The van der Waals surface area contributed by atoms with Crippen LogP contribution in [0.4, 0.5) is 11.4 Å². The summed E-state index contributed by atoms with van der Waals surface area (Å²) in [6.07, 6.45) is 0. The van der Waals surface area contributed by atoms with Crippen molar-refractivity contribution in [2.24, 2.45) is 0 Å². The van der Waals surface area contributed by atoms with E-state index in [1.165, 1.54) is 21.8 Å². The summed E-state index contributed by atoms with van der Waals surface area (Å²) in [5.41, 5.74) is 3.93. The molecular weight excluding hydrogens is 428 g/mol. The predicted octanol–water partition coefficient (Wildman–Crippen LogP) is 5.33. The van der Waals surface area contributed by atoms with Crippen molar-refractivity contribution in [1.82, 2.24) is 0 Å². The summed E-state index contributed by atoms with van der Waals surface area (Å²) in [6.45, 7) is 3.57. The van der Waals surface area contributed by atoms with Gasteiger partial charge in [-0.05, 0) is 67.4 Å². The Morgan fingerprint density at radius 2 is 1.68 bits per heavy atom. The number of nitrogens with zero attached hydrogens (tertiary/aromatic N) is 1. The summed E-state index contributed by atoms with van der Waals surface area (Å²) in [6, 6.07) is 22.8. The average Bonchev–Trinajstić information content (AvgIpc) is 2.79. The van der Waals surface area contributed by atoms with Gasteiger partial charge in [-0.1, -0.05) is 30.3 Å². The molecule has 3 aromatic rings. The van der Waals surface area contributed by atoms with Crippen molar-refractivity contribution in [3.8, 4) is 0 Å². The molecule has 0 aliphatic heterocycles. The average molecular weight is 455 g/mol. The monoisotopic (exact) mass is 454 g/mol. The van der Waals surface area contributed by atoms with Gasteiger partial charge in [0.1, 0.15) is 0 Å². The van der Waals surface area contributed by atoms with Crippen LogP contribution in [0.2, 0.25) is 0 Å². The highest BCUT2D eigenvalue weighted by Gasteiger charge is 2.16. The van der Waals surface area contributed by atoms with Crippen LogP contribution in [0, 0.1) is 6.92 Å². The van der Waals surface area contributed by atoms with Gasteiger partial charge in [-0.15, -0.1) is 11.8 Å². The van der Waals surface area contributed by atoms with E-state index >= 15 is 0 Å². The van der Waals surface area contributed by atoms with Gasteiger partial charge in [0.25, 0.3) is 5.91 Å². The number of thioether (sulfide) groups is 1. The Bertz CT molecular complexity index is 1150. The molecule has 0 heterocycles. The molecule has 7 heteroatoms. The number of anilines is 2. The molecule has 0 aliphatic rings. The molecule has 0 saturated carbocycles. The first-order valence-corrected chi connectivity index (χ1v) is 12.5. The highest BCUT2D eigenvalue weighted by Crippen LogP contribution is 2.25. The lowest BCUT2D eigenvalue weighted by Gasteiger charge is -2.18. The number of benzene rings is 3. The number of amides is 1.